The summed E-state index contributed by atoms with van der Waals surface area (Å²) >= 11 is 1.70. The summed E-state index contributed by atoms with van der Waals surface area (Å²) in [6.45, 7) is 7.67. The normalized spacial score (nSPS) is 30.7. The Labute approximate surface area is 136 Å². The highest BCUT2D eigenvalue weighted by atomic mass is 32.1. The monoisotopic (exact) mass is 325 g/mol. The van der Waals surface area contributed by atoms with Gasteiger partial charge in [-0.15, -0.1) is 10.2 Å². The van der Waals surface area contributed by atoms with Crippen molar-refractivity contribution in [1.82, 2.24) is 10.2 Å². The molecule has 1 N–H and O–H groups in total. The van der Waals surface area contributed by atoms with E-state index in [1.807, 2.05) is 0 Å². The van der Waals surface area contributed by atoms with Crippen molar-refractivity contribution in [1.29, 1.82) is 0 Å². The van der Waals surface area contributed by atoms with Gasteiger partial charge in [-0.1, -0.05) is 25.2 Å². The maximum atomic E-state index is 11.2. The second kappa shape index (κ2) is 6.81. The smallest absolute Gasteiger partial charge is 0.208 e. The number of anilines is 1. The van der Waals surface area contributed by atoms with E-state index < -0.39 is 5.60 Å². The van der Waals surface area contributed by atoms with Crippen molar-refractivity contribution in [2.45, 2.75) is 51.6 Å². The second-order valence-corrected chi connectivity index (χ2v) is 7.74. The van der Waals surface area contributed by atoms with Gasteiger partial charge in [0.05, 0.1) is 5.60 Å². The molecule has 6 heteroatoms. The Morgan fingerprint density at radius 3 is 2.82 bits per heavy atom. The molecular formula is C16H27N3O2S. The van der Waals surface area contributed by atoms with Crippen LogP contribution < -0.4 is 4.90 Å². The minimum Gasteiger partial charge on any atom is -0.389 e. The summed E-state index contributed by atoms with van der Waals surface area (Å²) in [5.74, 6) is 0.631. The van der Waals surface area contributed by atoms with Crippen LogP contribution in [0.15, 0.2) is 0 Å². The molecule has 0 amide bonds. The second-order valence-electron chi connectivity index (χ2n) is 6.70. The average Bonchev–Trinajstić information content (AvgIpc) is 3.00. The molecule has 1 aromatic heterocycles. The molecule has 2 fully saturated rings. The van der Waals surface area contributed by atoms with E-state index in [9.17, 15) is 5.11 Å². The standard InChI is InChI=1S/C16H27N3O2S/c1-3-4-14-17-18-15(22-14)19-8-7-16(20,12(2)11-19)13-5-9-21-10-6-13/h12-13,20H,3-11H2,1-2H3/t12-,16+/m1/s1. The van der Waals surface area contributed by atoms with E-state index in [0.29, 0.717) is 5.92 Å². The first-order valence-electron chi connectivity index (χ1n) is 8.51. The van der Waals surface area contributed by atoms with Crippen molar-refractivity contribution >= 4 is 16.5 Å². The van der Waals surface area contributed by atoms with Gasteiger partial charge >= 0.3 is 0 Å². The van der Waals surface area contributed by atoms with Gasteiger partial charge in [-0.25, -0.2) is 0 Å². The molecule has 3 rings (SSSR count). The SMILES string of the molecule is CCCc1nnc(N2CC[C@@](O)(C3CCOCC3)[C@H](C)C2)s1. The molecule has 2 aliphatic rings. The number of rotatable bonds is 4. The van der Waals surface area contributed by atoms with E-state index in [2.05, 4.69) is 28.9 Å². The van der Waals surface area contributed by atoms with Crippen molar-refractivity contribution in [2.75, 3.05) is 31.2 Å². The Morgan fingerprint density at radius 2 is 2.14 bits per heavy atom. The first-order chi connectivity index (χ1) is 10.6. The molecule has 3 heterocycles. The first kappa shape index (κ1) is 16.1. The van der Waals surface area contributed by atoms with Crippen molar-refractivity contribution < 1.29 is 9.84 Å². The number of aromatic nitrogens is 2. The molecular weight excluding hydrogens is 298 g/mol. The van der Waals surface area contributed by atoms with E-state index in [-0.39, 0.29) is 5.92 Å². The molecule has 22 heavy (non-hydrogen) atoms. The number of aliphatic hydroxyl groups is 1. The van der Waals surface area contributed by atoms with Gasteiger partial charge < -0.3 is 14.7 Å². The lowest BCUT2D eigenvalue weighted by Crippen LogP contribution is -2.56. The van der Waals surface area contributed by atoms with Gasteiger partial charge in [0.2, 0.25) is 5.13 Å². The summed E-state index contributed by atoms with van der Waals surface area (Å²) in [6, 6.07) is 0. The zero-order chi connectivity index (χ0) is 15.6. The molecule has 0 saturated carbocycles. The Bertz CT molecular complexity index is 489. The van der Waals surface area contributed by atoms with Crippen LogP contribution in [0.3, 0.4) is 0 Å². The number of piperidine rings is 1. The number of nitrogens with zero attached hydrogens (tertiary/aromatic N) is 3. The van der Waals surface area contributed by atoms with Gasteiger partial charge in [0.15, 0.2) is 0 Å². The minimum atomic E-state index is -0.544. The summed E-state index contributed by atoms with van der Waals surface area (Å²) in [5, 5.41) is 22.0. The molecule has 0 aromatic carbocycles. The molecule has 0 spiro atoms. The third kappa shape index (κ3) is 3.14. The van der Waals surface area contributed by atoms with Crippen molar-refractivity contribution in [2.24, 2.45) is 11.8 Å². The molecule has 2 aliphatic heterocycles. The zero-order valence-electron chi connectivity index (χ0n) is 13.6. The molecule has 5 nitrogen and oxygen atoms in total. The fourth-order valence-electron chi connectivity index (χ4n) is 3.81. The lowest BCUT2D eigenvalue weighted by atomic mass is 9.70. The maximum Gasteiger partial charge on any atom is 0.208 e. The van der Waals surface area contributed by atoms with Crippen LogP contribution in [0.5, 0.6) is 0 Å². The van der Waals surface area contributed by atoms with Crippen molar-refractivity contribution in [3.63, 3.8) is 0 Å². The zero-order valence-corrected chi connectivity index (χ0v) is 14.4. The average molecular weight is 325 g/mol. The van der Waals surface area contributed by atoms with E-state index in [1.54, 1.807) is 11.3 Å². The van der Waals surface area contributed by atoms with E-state index >= 15 is 0 Å². The first-order valence-corrected chi connectivity index (χ1v) is 9.32. The maximum absolute atomic E-state index is 11.2. The Kier molecular flexibility index (Phi) is 5.00. The third-order valence-electron chi connectivity index (χ3n) is 5.25. The lowest BCUT2D eigenvalue weighted by Gasteiger charge is -2.48. The molecule has 0 radical (unpaired) electrons. The highest BCUT2D eigenvalue weighted by molar-refractivity contribution is 7.15. The van der Waals surface area contributed by atoms with Crippen molar-refractivity contribution in [3.05, 3.63) is 5.01 Å². The van der Waals surface area contributed by atoms with E-state index in [4.69, 9.17) is 4.74 Å². The number of ether oxygens (including phenoxy) is 1. The van der Waals surface area contributed by atoms with Crippen LogP contribution in [0.25, 0.3) is 0 Å². The predicted molar refractivity (Wildman–Crippen MR) is 88.4 cm³/mol. The summed E-state index contributed by atoms with van der Waals surface area (Å²) in [6.07, 6.45) is 4.91. The van der Waals surface area contributed by atoms with Gasteiger partial charge in [0.1, 0.15) is 5.01 Å². The fourth-order valence-corrected chi connectivity index (χ4v) is 4.78. The van der Waals surface area contributed by atoms with Crippen LogP contribution in [0.1, 0.15) is 44.5 Å². The van der Waals surface area contributed by atoms with Gasteiger partial charge in [0.25, 0.3) is 0 Å². The van der Waals surface area contributed by atoms with Gasteiger partial charge in [0, 0.05) is 38.6 Å². The van der Waals surface area contributed by atoms with Crippen LogP contribution in [-0.2, 0) is 11.2 Å². The third-order valence-corrected chi connectivity index (χ3v) is 6.29. The largest absolute Gasteiger partial charge is 0.389 e. The molecule has 2 saturated heterocycles. The van der Waals surface area contributed by atoms with Crippen LogP contribution in [0, 0.1) is 11.8 Å². The highest BCUT2D eigenvalue weighted by Gasteiger charge is 2.45. The Hall–Kier alpha value is -0.720. The van der Waals surface area contributed by atoms with Crippen LogP contribution in [0.2, 0.25) is 0 Å². The van der Waals surface area contributed by atoms with Crippen LogP contribution in [0.4, 0.5) is 5.13 Å². The Morgan fingerprint density at radius 1 is 1.36 bits per heavy atom. The summed E-state index contributed by atoms with van der Waals surface area (Å²) in [5.41, 5.74) is -0.544. The Balaban J connectivity index is 1.65. The van der Waals surface area contributed by atoms with E-state index in [1.165, 1.54) is 0 Å². The van der Waals surface area contributed by atoms with Crippen LogP contribution in [-0.4, -0.2) is 47.2 Å². The molecule has 0 bridgehead atoms. The molecule has 1 aromatic rings. The van der Waals surface area contributed by atoms with Crippen LogP contribution >= 0.6 is 11.3 Å². The predicted octanol–water partition coefficient (Wildman–Crippen LogP) is 2.49. The lowest BCUT2D eigenvalue weighted by molar-refractivity contribution is -0.108. The number of hydrogen-bond donors (Lipinski definition) is 1. The quantitative estimate of drug-likeness (QED) is 0.922. The molecule has 2 atom stereocenters. The number of aryl methyl sites for hydroxylation is 1. The summed E-state index contributed by atoms with van der Waals surface area (Å²) in [4.78, 5) is 2.30. The highest BCUT2D eigenvalue weighted by Crippen LogP contribution is 2.40. The van der Waals surface area contributed by atoms with E-state index in [0.717, 1.165) is 68.5 Å². The van der Waals surface area contributed by atoms with Gasteiger partial charge in [-0.3, -0.25) is 0 Å². The molecule has 0 aliphatic carbocycles. The minimum absolute atomic E-state index is 0.253. The summed E-state index contributed by atoms with van der Waals surface area (Å²) in [7, 11) is 0. The van der Waals surface area contributed by atoms with Gasteiger partial charge in [-0.2, -0.15) is 0 Å². The topological polar surface area (TPSA) is 58.5 Å². The molecule has 124 valence electrons. The van der Waals surface area contributed by atoms with Gasteiger partial charge in [-0.05, 0) is 31.6 Å². The fraction of sp³-hybridized carbons (Fsp3) is 0.875. The van der Waals surface area contributed by atoms with Crippen molar-refractivity contribution in [3.8, 4) is 0 Å². The number of hydrogen-bond acceptors (Lipinski definition) is 6. The molecule has 0 unspecified atom stereocenters. The summed E-state index contributed by atoms with van der Waals surface area (Å²) < 4.78 is 5.45.